The Kier molecular flexibility index (Phi) is 9.57. The Hall–Kier alpha value is -4.44. The van der Waals surface area contributed by atoms with Crippen LogP contribution in [0.5, 0.6) is 5.75 Å². The molecule has 41 heavy (non-hydrogen) atoms. The number of carbonyl (C=O) groups excluding carboxylic acids is 2. The first-order valence-corrected chi connectivity index (χ1v) is 13.0. The van der Waals surface area contributed by atoms with Crippen LogP contribution in [0.4, 0.5) is 18.9 Å². The Labute approximate surface area is 239 Å². The van der Waals surface area contributed by atoms with Gasteiger partial charge in [0.05, 0.1) is 18.6 Å². The van der Waals surface area contributed by atoms with E-state index in [9.17, 15) is 22.8 Å². The number of benzene rings is 3. The molecule has 4 aromatic rings. The Morgan fingerprint density at radius 2 is 1.66 bits per heavy atom. The molecule has 0 saturated carbocycles. The van der Waals surface area contributed by atoms with E-state index in [1.165, 1.54) is 24.3 Å². The highest BCUT2D eigenvalue weighted by molar-refractivity contribution is 6.30. The van der Waals surface area contributed by atoms with Gasteiger partial charge in [-0.05, 0) is 66.2 Å². The van der Waals surface area contributed by atoms with Crippen LogP contribution in [0.3, 0.4) is 0 Å². The van der Waals surface area contributed by atoms with E-state index < -0.39 is 23.6 Å². The van der Waals surface area contributed by atoms with Crippen molar-refractivity contribution in [1.82, 2.24) is 10.6 Å². The molecule has 0 aliphatic rings. The van der Waals surface area contributed by atoms with Crippen molar-refractivity contribution in [3.05, 3.63) is 107 Å². The number of methoxy groups -OCH3 is 1. The molecule has 4 rings (SSSR count). The highest BCUT2D eigenvalue weighted by atomic mass is 35.5. The van der Waals surface area contributed by atoms with Crippen LogP contribution in [0.1, 0.15) is 27.6 Å². The minimum Gasteiger partial charge on any atom is -0.497 e. The smallest absolute Gasteiger partial charge is 0.416 e. The second kappa shape index (κ2) is 13.3. The molecular weight excluding hydrogens is 559 g/mol. The van der Waals surface area contributed by atoms with Gasteiger partial charge in [-0.25, -0.2) is 0 Å². The molecule has 0 bridgehead atoms. The quantitative estimate of drug-likeness (QED) is 0.178. The van der Waals surface area contributed by atoms with Crippen molar-refractivity contribution in [2.24, 2.45) is 0 Å². The van der Waals surface area contributed by atoms with Crippen molar-refractivity contribution >= 4 is 29.1 Å². The van der Waals surface area contributed by atoms with E-state index in [2.05, 4.69) is 16.0 Å². The first kappa shape index (κ1) is 29.5. The average molecular weight is 586 g/mol. The standard InChI is InChI=1S/C30H27ClF3N3O4/c1-40-24-11-9-23(10-12-24)35-15-16-36-28(38)25(19-5-7-22(31)8-6-19)18-37-29(39)27-14-13-26(41-27)20-3-2-4-21(17-20)30(32,33)34/h2-14,17,25,35H,15-16,18H2,1H3,(H,36,38)(H,37,39)/t25-/m0/s1. The third kappa shape index (κ3) is 8.04. The number of amides is 2. The van der Waals surface area contributed by atoms with Crippen molar-refractivity contribution in [2.45, 2.75) is 12.1 Å². The maximum Gasteiger partial charge on any atom is 0.416 e. The van der Waals surface area contributed by atoms with Crippen LogP contribution < -0.4 is 20.7 Å². The van der Waals surface area contributed by atoms with Gasteiger partial charge in [-0.2, -0.15) is 13.2 Å². The summed E-state index contributed by atoms with van der Waals surface area (Å²) >= 11 is 6.01. The number of halogens is 4. The minimum atomic E-state index is -4.51. The first-order valence-electron chi connectivity index (χ1n) is 12.6. The molecular formula is C30H27ClF3N3O4. The maximum atomic E-state index is 13.1. The second-order valence-electron chi connectivity index (χ2n) is 9.00. The highest BCUT2D eigenvalue weighted by Gasteiger charge is 2.30. The van der Waals surface area contributed by atoms with Gasteiger partial charge in [0.25, 0.3) is 5.91 Å². The molecule has 0 spiro atoms. The van der Waals surface area contributed by atoms with Gasteiger partial charge < -0.3 is 25.1 Å². The summed E-state index contributed by atoms with van der Waals surface area (Å²) in [4.78, 5) is 26.0. The summed E-state index contributed by atoms with van der Waals surface area (Å²) in [6.45, 7) is 0.724. The minimum absolute atomic E-state index is 0.0577. The fourth-order valence-corrected chi connectivity index (χ4v) is 4.15. The molecule has 0 fully saturated rings. The number of anilines is 1. The summed E-state index contributed by atoms with van der Waals surface area (Å²) in [5.74, 6) is -0.924. The van der Waals surface area contributed by atoms with Crippen LogP contribution in [-0.2, 0) is 11.0 Å². The Morgan fingerprint density at radius 1 is 0.927 bits per heavy atom. The molecule has 0 saturated heterocycles. The largest absolute Gasteiger partial charge is 0.497 e. The molecule has 0 unspecified atom stereocenters. The van der Waals surface area contributed by atoms with E-state index in [4.69, 9.17) is 20.8 Å². The number of nitrogens with one attached hydrogen (secondary N) is 3. The molecule has 7 nitrogen and oxygen atoms in total. The molecule has 1 aromatic heterocycles. The van der Waals surface area contributed by atoms with Crippen molar-refractivity contribution in [2.75, 3.05) is 32.1 Å². The first-order chi connectivity index (χ1) is 19.6. The van der Waals surface area contributed by atoms with Gasteiger partial charge in [-0.3, -0.25) is 9.59 Å². The van der Waals surface area contributed by atoms with E-state index in [0.717, 1.165) is 23.6 Å². The van der Waals surface area contributed by atoms with Gasteiger partial charge in [0, 0.05) is 35.9 Å². The molecule has 11 heteroatoms. The molecule has 3 aromatic carbocycles. The number of hydrogen-bond donors (Lipinski definition) is 3. The molecule has 0 radical (unpaired) electrons. The SMILES string of the molecule is COc1ccc(NCCNC(=O)[C@@H](CNC(=O)c2ccc(-c3cccc(C(F)(F)F)c3)o2)c2ccc(Cl)cc2)cc1. The average Bonchev–Trinajstić information content (AvgIpc) is 3.47. The van der Waals surface area contributed by atoms with Crippen LogP contribution in [0.2, 0.25) is 5.02 Å². The highest BCUT2D eigenvalue weighted by Crippen LogP contribution is 2.32. The summed E-state index contributed by atoms with van der Waals surface area (Å²) in [6.07, 6.45) is -4.51. The van der Waals surface area contributed by atoms with Gasteiger partial charge in [-0.1, -0.05) is 35.9 Å². The van der Waals surface area contributed by atoms with Crippen molar-refractivity contribution in [3.8, 4) is 17.1 Å². The predicted octanol–water partition coefficient (Wildman–Crippen LogP) is 6.37. The monoisotopic (exact) mass is 585 g/mol. The van der Waals surface area contributed by atoms with Crippen LogP contribution in [0.15, 0.2) is 89.3 Å². The topological polar surface area (TPSA) is 92.6 Å². The van der Waals surface area contributed by atoms with Gasteiger partial charge >= 0.3 is 6.18 Å². The lowest BCUT2D eigenvalue weighted by Gasteiger charge is -2.18. The lowest BCUT2D eigenvalue weighted by Crippen LogP contribution is -2.39. The summed E-state index contributed by atoms with van der Waals surface area (Å²) < 4.78 is 49.9. The van der Waals surface area contributed by atoms with Crippen LogP contribution in [0, 0.1) is 0 Å². The summed E-state index contributed by atoms with van der Waals surface area (Å²) in [7, 11) is 1.59. The van der Waals surface area contributed by atoms with Gasteiger partial charge in [0.2, 0.25) is 5.91 Å². The number of hydrogen-bond acceptors (Lipinski definition) is 5. The number of rotatable bonds is 11. The normalized spacial score (nSPS) is 11.9. The zero-order valence-electron chi connectivity index (χ0n) is 21.9. The molecule has 0 aliphatic carbocycles. The molecule has 3 N–H and O–H groups in total. The zero-order valence-corrected chi connectivity index (χ0v) is 22.7. The van der Waals surface area contributed by atoms with E-state index in [-0.39, 0.29) is 29.5 Å². The molecule has 1 heterocycles. The second-order valence-corrected chi connectivity index (χ2v) is 9.44. The summed E-state index contributed by atoms with van der Waals surface area (Å²) in [5, 5.41) is 9.26. The van der Waals surface area contributed by atoms with Crippen LogP contribution >= 0.6 is 11.6 Å². The Balaban J connectivity index is 1.38. The van der Waals surface area contributed by atoms with Gasteiger partial charge in [0.1, 0.15) is 11.5 Å². The summed E-state index contributed by atoms with van der Waals surface area (Å²) in [5.41, 5.74) is 0.859. The number of furan rings is 1. The molecule has 1 atom stereocenters. The Bertz CT molecular complexity index is 1470. The van der Waals surface area contributed by atoms with E-state index in [1.807, 2.05) is 24.3 Å². The van der Waals surface area contributed by atoms with E-state index in [0.29, 0.717) is 23.7 Å². The number of alkyl halides is 3. The maximum absolute atomic E-state index is 13.1. The zero-order chi connectivity index (χ0) is 29.4. The van der Waals surface area contributed by atoms with Crippen LogP contribution in [-0.4, -0.2) is 38.6 Å². The third-order valence-corrected chi connectivity index (χ3v) is 6.46. The third-order valence-electron chi connectivity index (χ3n) is 6.20. The van der Waals surface area contributed by atoms with E-state index in [1.54, 1.807) is 31.4 Å². The fourth-order valence-electron chi connectivity index (χ4n) is 4.03. The lowest BCUT2D eigenvalue weighted by molar-refractivity contribution is -0.137. The predicted molar refractivity (Wildman–Crippen MR) is 150 cm³/mol. The van der Waals surface area contributed by atoms with E-state index >= 15 is 0 Å². The fraction of sp³-hybridized carbons (Fsp3) is 0.200. The van der Waals surface area contributed by atoms with Gasteiger partial charge in [0.15, 0.2) is 5.76 Å². The number of carbonyl (C=O) groups is 2. The molecule has 0 aliphatic heterocycles. The Morgan fingerprint density at radius 3 is 2.34 bits per heavy atom. The molecule has 2 amide bonds. The van der Waals surface area contributed by atoms with Gasteiger partial charge in [-0.15, -0.1) is 0 Å². The van der Waals surface area contributed by atoms with Crippen molar-refractivity contribution in [3.63, 3.8) is 0 Å². The molecule has 214 valence electrons. The van der Waals surface area contributed by atoms with Crippen LogP contribution in [0.25, 0.3) is 11.3 Å². The number of ether oxygens (including phenoxy) is 1. The summed E-state index contributed by atoms with van der Waals surface area (Å²) in [6, 6.07) is 21.5. The van der Waals surface area contributed by atoms with Crippen molar-refractivity contribution in [1.29, 1.82) is 0 Å². The lowest BCUT2D eigenvalue weighted by atomic mass is 9.98. The van der Waals surface area contributed by atoms with Crippen molar-refractivity contribution < 1.29 is 31.9 Å².